The summed E-state index contributed by atoms with van der Waals surface area (Å²) in [6.45, 7) is 2.03. The zero-order chi connectivity index (χ0) is 24.3. The molecule has 6 rings (SSSR count). The third kappa shape index (κ3) is 4.14. The maximum absolute atomic E-state index is 13.6. The molecule has 10 heteroatoms. The van der Waals surface area contributed by atoms with Crippen molar-refractivity contribution in [3.8, 4) is 10.6 Å². The van der Waals surface area contributed by atoms with Crippen LogP contribution in [0.15, 0.2) is 54.6 Å². The fourth-order valence-electron chi connectivity index (χ4n) is 3.94. The molecule has 0 spiro atoms. The van der Waals surface area contributed by atoms with Crippen molar-refractivity contribution in [2.45, 2.75) is 31.9 Å². The number of nitrogens with one attached hydrogen (secondary N) is 1. The van der Waals surface area contributed by atoms with Gasteiger partial charge in [0.2, 0.25) is 0 Å². The first-order chi connectivity index (χ1) is 16.7. The summed E-state index contributed by atoms with van der Waals surface area (Å²) in [7, 11) is 0. The van der Waals surface area contributed by atoms with Crippen molar-refractivity contribution in [3.05, 3.63) is 77.2 Å². The lowest BCUT2D eigenvalue weighted by atomic mass is 10.2. The molecule has 0 aliphatic heterocycles. The number of benzene rings is 2. The van der Waals surface area contributed by atoms with Crippen molar-refractivity contribution >= 4 is 38.8 Å². The standard InChI is InChI=1S/C25H18F3N5OS/c1-13-2-9-17-20(10-13)35-24(31-17)15-5-7-16(8-6-15)29-23(34)19-12-22-30-18(14-3-4-14)11-21(25(26,27)28)33(22)32-19/h2,5-12,14H,3-4H2,1H3,(H,29,34). The molecule has 0 radical (unpaired) electrons. The Kier molecular flexibility index (Phi) is 4.89. The lowest BCUT2D eigenvalue weighted by molar-refractivity contribution is -0.142. The Bertz CT molecular complexity index is 1600. The van der Waals surface area contributed by atoms with E-state index >= 15 is 0 Å². The summed E-state index contributed by atoms with van der Waals surface area (Å²) in [6.07, 6.45) is -2.98. The molecule has 1 saturated carbocycles. The van der Waals surface area contributed by atoms with Crippen LogP contribution in [0.4, 0.5) is 18.9 Å². The number of alkyl halides is 3. The number of fused-ring (bicyclic) bond motifs is 2. The maximum Gasteiger partial charge on any atom is 0.433 e. The Labute approximate surface area is 201 Å². The Balaban J connectivity index is 1.26. The van der Waals surface area contributed by atoms with Gasteiger partial charge in [-0.3, -0.25) is 4.79 Å². The van der Waals surface area contributed by atoms with Crippen LogP contribution in [-0.2, 0) is 6.18 Å². The topological polar surface area (TPSA) is 72.2 Å². The molecule has 1 fully saturated rings. The number of aromatic nitrogens is 4. The molecule has 3 heterocycles. The van der Waals surface area contributed by atoms with E-state index in [2.05, 4.69) is 26.4 Å². The molecule has 1 N–H and O–H groups in total. The molecule has 3 aromatic heterocycles. The highest BCUT2D eigenvalue weighted by Gasteiger charge is 2.37. The third-order valence-corrected chi connectivity index (χ3v) is 6.97. The van der Waals surface area contributed by atoms with E-state index in [0.29, 0.717) is 15.9 Å². The predicted octanol–water partition coefficient (Wildman–Crippen LogP) is 6.46. The highest BCUT2D eigenvalue weighted by Crippen LogP contribution is 2.41. The summed E-state index contributed by atoms with van der Waals surface area (Å²) >= 11 is 1.58. The average Bonchev–Trinajstić information content (AvgIpc) is 3.44. The number of hydrogen-bond donors (Lipinski definition) is 1. The lowest BCUT2D eigenvalue weighted by Crippen LogP contribution is -2.16. The third-order valence-electron chi connectivity index (χ3n) is 5.90. The van der Waals surface area contributed by atoms with Gasteiger partial charge in [-0.15, -0.1) is 11.3 Å². The van der Waals surface area contributed by atoms with Crippen LogP contribution in [0.3, 0.4) is 0 Å². The van der Waals surface area contributed by atoms with E-state index in [0.717, 1.165) is 39.7 Å². The maximum atomic E-state index is 13.6. The van der Waals surface area contributed by atoms with Gasteiger partial charge in [0.05, 0.1) is 10.2 Å². The van der Waals surface area contributed by atoms with Gasteiger partial charge >= 0.3 is 6.18 Å². The van der Waals surface area contributed by atoms with E-state index in [1.165, 1.54) is 11.6 Å². The number of carbonyl (C=O) groups is 1. The summed E-state index contributed by atoms with van der Waals surface area (Å²) in [5.74, 6) is -0.578. The molecule has 0 atom stereocenters. The van der Waals surface area contributed by atoms with Crippen molar-refractivity contribution in [3.63, 3.8) is 0 Å². The van der Waals surface area contributed by atoms with E-state index in [1.54, 1.807) is 23.5 Å². The lowest BCUT2D eigenvalue weighted by Gasteiger charge is -2.10. The van der Waals surface area contributed by atoms with E-state index in [-0.39, 0.29) is 17.3 Å². The zero-order valence-electron chi connectivity index (χ0n) is 18.4. The smallest absolute Gasteiger partial charge is 0.321 e. The SMILES string of the molecule is Cc1ccc2nc(-c3ccc(NC(=O)c4cc5nc(C6CC6)cc(C(F)(F)F)n5n4)cc3)sc2c1. The van der Waals surface area contributed by atoms with Gasteiger partial charge in [0.1, 0.15) is 10.7 Å². The molecular formula is C25H18F3N5OS. The first-order valence-corrected chi connectivity index (χ1v) is 11.8. The van der Waals surface area contributed by atoms with Crippen molar-refractivity contribution in [1.29, 1.82) is 0 Å². The molecule has 1 amide bonds. The van der Waals surface area contributed by atoms with Crippen LogP contribution in [0.5, 0.6) is 0 Å². The summed E-state index contributed by atoms with van der Waals surface area (Å²) in [6, 6.07) is 15.5. The van der Waals surface area contributed by atoms with Gasteiger partial charge in [-0.25, -0.2) is 14.5 Å². The fourth-order valence-corrected chi connectivity index (χ4v) is 5.01. The average molecular weight is 494 g/mol. The van der Waals surface area contributed by atoms with Crippen LogP contribution < -0.4 is 5.32 Å². The summed E-state index contributed by atoms with van der Waals surface area (Å²) < 4.78 is 42.6. The molecule has 5 aromatic rings. The molecule has 0 unspecified atom stereocenters. The monoisotopic (exact) mass is 493 g/mol. The molecule has 0 saturated heterocycles. The normalized spacial score (nSPS) is 14.1. The second-order valence-corrected chi connectivity index (χ2v) is 9.69. The minimum absolute atomic E-state index is 0.00768. The van der Waals surface area contributed by atoms with Gasteiger partial charge in [-0.05, 0) is 67.8 Å². The van der Waals surface area contributed by atoms with Crippen LogP contribution in [-0.4, -0.2) is 25.5 Å². The highest BCUT2D eigenvalue weighted by molar-refractivity contribution is 7.21. The predicted molar refractivity (Wildman–Crippen MR) is 128 cm³/mol. The van der Waals surface area contributed by atoms with E-state index in [1.807, 2.05) is 31.2 Å². The summed E-state index contributed by atoms with van der Waals surface area (Å²) in [5, 5.41) is 7.47. The highest BCUT2D eigenvalue weighted by atomic mass is 32.1. The number of hydrogen-bond acceptors (Lipinski definition) is 5. The van der Waals surface area contributed by atoms with Crippen molar-refractivity contribution in [2.24, 2.45) is 0 Å². The number of nitrogens with zero attached hydrogens (tertiary/aromatic N) is 4. The van der Waals surface area contributed by atoms with Gasteiger partial charge in [0.15, 0.2) is 11.3 Å². The van der Waals surface area contributed by atoms with Gasteiger partial charge in [0, 0.05) is 28.9 Å². The number of thiazole rings is 1. The van der Waals surface area contributed by atoms with Gasteiger partial charge in [0.25, 0.3) is 5.91 Å². The first-order valence-electron chi connectivity index (χ1n) is 11.0. The van der Waals surface area contributed by atoms with Gasteiger partial charge in [-0.1, -0.05) is 6.07 Å². The van der Waals surface area contributed by atoms with Gasteiger partial charge in [-0.2, -0.15) is 18.3 Å². The number of halogens is 3. The molecule has 6 nitrogen and oxygen atoms in total. The molecule has 0 bridgehead atoms. The fraction of sp³-hybridized carbons (Fsp3) is 0.200. The van der Waals surface area contributed by atoms with E-state index in [4.69, 9.17) is 0 Å². The van der Waals surface area contributed by atoms with E-state index in [9.17, 15) is 18.0 Å². The minimum Gasteiger partial charge on any atom is -0.321 e. The van der Waals surface area contributed by atoms with Crippen LogP contribution in [0.25, 0.3) is 26.4 Å². The van der Waals surface area contributed by atoms with Gasteiger partial charge < -0.3 is 5.32 Å². The largest absolute Gasteiger partial charge is 0.433 e. The van der Waals surface area contributed by atoms with Crippen LogP contribution in [0.1, 0.15) is 46.2 Å². The number of carbonyl (C=O) groups excluding carboxylic acids is 1. The van der Waals surface area contributed by atoms with Crippen LogP contribution in [0.2, 0.25) is 0 Å². The van der Waals surface area contributed by atoms with Crippen LogP contribution >= 0.6 is 11.3 Å². The Hall–Kier alpha value is -3.79. The molecule has 176 valence electrons. The quantitative estimate of drug-likeness (QED) is 0.312. The molecular weight excluding hydrogens is 475 g/mol. The molecule has 1 aliphatic carbocycles. The first kappa shape index (κ1) is 21.7. The summed E-state index contributed by atoms with van der Waals surface area (Å²) in [4.78, 5) is 21.7. The number of anilines is 1. The number of amides is 1. The molecule has 35 heavy (non-hydrogen) atoms. The second-order valence-electron chi connectivity index (χ2n) is 8.66. The Morgan fingerprint density at radius 2 is 1.83 bits per heavy atom. The van der Waals surface area contributed by atoms with Crippen molar-refractivity contribution in [1.82, 2.24) is 19.6 Å². The van der Waals surface area contributed by atoms with E-state index < -0.39 is 17.8 Å². The van der Waals surface area contributed by atoms with Crippen molar-refractivity contribution in [2.75, 3.05) is 5.32 Å². The molecule has 1 aliphatic rings. The van der Waals surface area contributed by atoms with Crippen LogP contribution in [0, 0.1) is 6.92 Å². The van der Waals surface area contributed by atoms with Crippen molar-refractivity contribution < 1.29 is 18.0 Å². The zero-order valence-corrected chi connectivity index (χ0v) is 19.2. The second kappa shape index (κ2) is 7.88. The number of aryl methyl sites for hydroxylation is 1. The Morgan fingerprint density at radius 1 is 1.06 bits per heavy atom. The number of rotatable bonds is 4. The summed E-state index contributed by atoms with van der Waals surface area (Å²) in [5.41, 5.74) is 2.82. The Morgan fingerprint density at radius 3 is 2.54 bits per heavy atom. The molecule has 2 aromatic carbocycles. The minimum atomic E-state index is -4.61.